The minimum atomic E-state index is -0.932. The number of anilines is 2. The van der Waals surface area contributed by atoms with Crippen LogP contribution in [0.4, 0.5) is 15.5 Å². The van der Waals surface area contributed by atoms with Crippen molar-refractivity contribution in [2.75, 3.05) is 10.6 Å². The van der Waals surface area contributed by atoms with Crippen molar-refractivity contribution in [2.24, 2.45) is 0 Å². The summed E-state index contributed by atoms with van der Waals surface area (Å²) in [5.74, 6) is -1.53. The van der Waals surface area contributed by atoms with E-state index in [9.17, 15) is 19.2 Å². The molecular formula is C20H21ClN4O4S. The molecule has 0 bridgehead atoms. The number of hydrogen-bond acceptors (Lipinski definition) is 5. The molecule has 0 aliphatic carbocycles. The highest BCUT2D eigenvalue weighted by molar-refractivity contribution is 7.16. The minimum Gasteiger partial charge on any atom is -0.340 e. The molecule has 10 heteroatoms. The smallest absolute Gasteiger partial charge is 0.324 e. The van der Waals surface area contributed by atoms with Gasteiger partial charge in [-0.15, -0.1) is 11.3 Å². The van der Waals surface area contributed by atoms with Crippen molar-refractivity contribution < 1.29 is 19.2 Å². The molecule has 1 aromatic heterocycles. The Labute approximate surface area is 182 Å². The van der Waals surface area contributed by atoms with Gasteiger partial charge in [-0.2, -0.15) is 0 Å². The van der Waals surface area contributed by atoms with Gasteiger partial charge in [-0.1, -0.05) is 32.4 Å². The monoisotopic (exact) mass is 448 g/mol. The lowest BCUT2D eigenvalue weighted by Gasteiger charge is -2.15. The number of rotatable bonds is 4. The van der Waals surface area contributed by atoms with Crippen molar-refractivity contribution in [1.29, 1.82) is 0 Å². The second-order valence-corrected chi connectivity index (χ2v) is 9.32. The van der Waals surface area contributed by atoms with Crippen LogP contribution >= 0.6 is 22.9 Å². The van der Waals surface area contributed by atoms with Crippen LogP contribution in [0.1, 0.15) is 42.4 Å². The third-order valence-corrected chi connectivity index (χ3v) is 6.05. The summed E-state index contributed by atoms with van der Waals surface area (Å²) in [7, 11) is 0. The predicted molar refractivity (Wildman–Crippen MR) is 116 cm³/mol. The van der Waals surface area contributed by atoms with Gasteiger partial charge in [0.15, 0.2) is 0 Å². The van der Waals surface area contributed by atoms with E-state index in [4.69, 9.17) is 11.6 Å². The normalized spacial score (nSPS) is 16.2. The first-order valence-electron chi connectivity index (χ1n) is 9.15. The van der Waals surface area contributed by atoms with Crippen molar-refractivity contribution >= 4 is 57.4 Å². The molecule has 0 saturated carbocycles. The molecule has 3 rings (SSSR count). The zero-order valence-corrected chi connectivity index (χ0v) is 18.2. The Morgan fingerprint density at radius 3 is 2.37 bits per heavy atom. The van der Waals surface area contributed by atoms with Crippen LogP contribution in [0, 0.1) is 0 Å². The molecule has 1 aromatic carbocycles. The SMILES string of the molecule is CC(C)(C)c1cc(C(=O)N[C@@H]2CC(=O)NC2=O)c(NC(=O)Nc2ccc(Cl)cc2)s1. The number of thiophene rings is 1. The summed E-state index contributed by atoms with van der Waals surface area (Å²) >= 11 is 7.12. The summed E-state index contributed by atoms with van der Waals surface area (Å²) in [5, 5.41) is 11.0. The average molecular weight is 449 g/mol. The summed E-state index contributed by atoms with van der Waals surface area (Å²) in [6.07, 6.45) is -0.110. The number of benzene rings is 1. The van der Waals surface area contributed by atoms with Gasteiger partial charge in [0, 0.05) is 15.6 Å². The molecule has 0 spiro atoms. The van der Waals surface area contributed by atoms with Crippen LogP contribution in [0.3, 0.4) is 0 Å². The molecule has 4 N–H and O–H groups in total. The summed E-state index contributed by atoms with van der Waals surface area (Å²) in [4.78, 5) is 49.3. The molecular weight excluding hydrogens is 428 g/mol. The first kappa shape index (κ1) is 21.8. The van der Waals surface area contributed by atoms with Gasteiger partial charge in [0.25, 0.3) is 5.91 Å². The van der Waals surface area contributed by atoms with E-state index in [0.717, 1.165) is 4.88 Å². The van der Waals surface area contributed by atoms with Crippen LogP contribution in [0.5, 0.6) is 0 Å². The van der Waals surface area contributed by atoms with Crippen LogP contribution in [-0.2, 0) is 15.0 Å². The number of amides is 5. The van der Waals surface area contributed by atoms with Gasteiger partial charge in [0.05, 0.1) is 12.0 Å². The zero-order chi connectivity index (χ0) is 22.1. The summed E-state index contributed by atoms with van der Waals surface area (Å²) in [5.41, 5.74) is 0.507. The highest BCUT2D eigenvalue weighted by Gasteiger charge is 2.33. The summed E-state index contributed by atoms with van der Waals surface area (Å²) in [6, 6.07) is 6.83. The number of nitrogens with one attached hydrogen (secondary N) is 4. The minimum absolute atomic E-state index is 0.110. The highest BCUT2D eigenvalue weighted by atomic mass is 35.5. The number of urea groups is 1. The fourth-order valence-electron chi connectivity index (χ4n) is 2.73. The van der Waals surface area contributed by atoms with E-state index in [-0.39, 0.29) is 17.4 Å². The van der Waals surface area contributed by atoms with E-state index in [1.165, 1.54) is 11.3 Å². The Bertz CT molecular complexity index is 1010. The van der Waals surface area contributed by atoms with Crippen molar-refractivity contribution in [2.45, 2.75) is 38.6 Å². The number of halogens is 1. The average Bonchev–Trinajstić information content (AvgIpc) is 3.20. The first-order valence-corrected chi connectivity index (χ1v) is 10.3. The first-order chi connectivity index (χ1) is 14.0. The van der Waals surface area contributed by atoms with E-state index in [2.05, 4.69) is 21.3 Å². The molecule has 2 aromatic rings. The summed E-state index contributed by atoms with van der Waals surface area (Å²) < 4.78 is 0. The molecule has 2 heterocycles. The molecule has 30 heavy (non-hydrogen) atoms. The van der Waals surface area contributed by atoms with Crippen molar-refractivity contribution in [3.63, 3.8) is 0 Å². The van der Waals surface area contributed by atoms with Crippen molar-refractivity contribution in [3.05, 3.63) is 45.8 Å². The Morgan fingerprint density at radius 2 is 1.80 bits per heavy atom. The molecule has 1 aliphatic heterocycles. The largest absolute Gasteiger partial charge is 0.340 e. The Morgan fingerprint density at radius 1 is 1.13 bits per heavy atom. The Balaban J connectivity index is 1.80. The number of carbonyl (C=O) groups is 4. The summed E-state index contributed by atoms with van der Waals surface area (Å²) in [6.45, 7) is 5.96. The van der Waals surface area contributed by atoms with Gasteiger partial charge in [0.2, 0.25) is 11.8 Å². The third-order valence-electron chi connectivity index (χ3n) is 4.32. The quantitative estimate of drug-likeness (QED) is 0.535. The zero-order valence-electron chi connectivity index (χ0n) is 16.6. The van der Waals surface area contributed by atoms with Crippen molar-refractivity contribution in [3.8, 4) is 0 Å². The maximum atomic E-state index is 12.8. The van der Waals surface area contributed by atoms with Crippen molar-refractivity contribution in [1.82, 2.24) is 10.6 Å². The van der Waals surface area contributed by atoms with E-state index in [0.29, 0.717) is 15.7 Å². The van der Waals surface area contributed by atoms with E-state index < -0.39 is 29.8 Å². The van der Waals surface area contributed by atoms with Crippen LogP contribution in [-0.4, -0.2) is 29.8 Å². The third kappa shape index (κ3) is 5.17. The molecule has 0 unspecified atom stereocenters. The standard InChI is InChI=1S/C20H21ClN4O4S/c1-20(2,3)14-8-12(16(27)23-13-9-15(26)24-17(13)28)18(30-14)25-19(29)22-11-6-4-10(21)5-7-11/h4-8,13H,9H2,1-3H3,(H,23,27)(H2,22,25,29)(H,24,26,28)/t13-/m1/s1. The Kier molecular flexibility index (Phi) is 6.14. The number of imide groups is 1. The topological polar surface area (TPSA) is 116 Å². The second-order valence-electron chi connectivity index (χ2n) is 7.83. The van der Waals surface area contributed by atoms with E-state index in [1.807, 2.05) is 20.8 Å². The lowest BCUT2D eigenvalue weighted by molar-refractivity contribution is -0.125. The van der Waals surface area contributed by atoms with Gasteiger partial charge < -0.3 is 10.6 Å². The molecule has 8 nitrogen and oxygen atoms in total. The molecule has 1 saturated heterocycles. The second kappa shape index (κ2) is 8.45. The van der Waals surface area contributed by atoms with Gasteiger partial charge in [0.1, 0.15) is 11.0 Å². The lowest BCUT2D eigenvalue weighted by Crippen LogP contribution is -2.40. The van der Waals surface area contributed by atoms with Gasteiger partial charge in [-0.25, -0.2) is 4.79 Å². The van der Waals surface area contributed by atoms with Gasteiger partial charge in [-0.05, 0) is 35.7 Å². The van der Waals surface area contributed by atoms with E-state index in [1.54, 1.807) is 30.3 Å². The van der Waals surface area contributed by atoms with Gasteiger partial charge in [-0.3, -0.25) is 25.0 Å². The van der Waals surface area contributed by atoms with Crippen LogP contribution in [0.25, 0.3) is 0 Å². The van der Waals surface area contributed by atoms with Gasteiger partial charge >= 0.3 is 6.03 Å². The molecule has 1 aliphatic rings. The molecule has 158 valence electrons. The fourth-order valence-corrected chi connectivity index (χ4v) is 3.96. The fraction of sp³-hybridized carbons (Fsp3) is 0.300. The lowest BCUT2D eigenvalue weighted by atomic mass is 9.94. The van der Waals surface area contributed by atoms with Crippen LogP contribution in [0.15, 0.2) is 30.3 Å². The number of hydrogen-bond donors (Lipinski definition) is 4. The molecule has 5 amide bonds. The maximum Gasteiger partial charge on any atom is 0.324 e. The predicted octanol–water partition coefficient (Wildman–Crippen LogP) is 3.49. The highest BCUT2D eigenvalue weighted by Crippen LogP contribution is 2.36. The Hall–Kier alpha value is -2.91. The molecule has 0 radical (unpaired) electrons. The maximum absolute atomic E-state index is 12.8. The van der Waals surface area contributed by atoms with Crippen LogP contribution in [0.2, 0.25) is 5.02 Å². The van der Waals surface area contributed by atoms with E-state index >= 15 is 0 Å². The number of carbonyl (C=O) groups excluding carboxylic acids is 4. The molecule has 1 atom stereocenters. The molecule has 1 fully saturated rings. The van der Waals surface area contributed by atoms with Crippen LogP contribution < -0.4 is 21.3 Å².